The Morgan fingerprint density at radius 2 is 2.10 bits per heavy atom. The van der Waals surface area contributed by atoms with Gasteiger partial charge in [-0.25, -0.2) is 4.98 Å². The number of halogens is 1. The summed E-state index contributed by atoms with van der Waals surface area (Å²) in [5, 5.41) is 14.1. The maximum Gasteiger partial charge on any atom is 0.332 e. The molecule has 20 heavy (non-hydrogen) atoms. The zero-order valence-corrected chi connectivity index (χ0v) is 12.4. The van der Waals surface area contributed by atoms with E-state index in [2.05, 4.69) is 27.1 Å². The van der Waals surface area contributed by atoms with Crippen molar-refractivity contribution < 1.29 is 4.92 Å². The first-order chi connectivity index (χ1) is 9.49. The number of nitro groups is 1. The van der Waals surface area contributed by atoms with Crippen LogP contribution in [0.3, 0.4) is 0 Å². The Labute approximate surface area is 122 Å². The molecule has 0 radical (unpaired) electrons. The molecule has 0 amide bonds. The summed E-state index contributed by atoms with van der Waals surface area (Å²) in [7, 11) is 0. The van der Waals surface area contributed by atoms with Crippen LogP contribution in [0.4, 0.5) is 11.5 Å². The fraction of sp³-hybridized carbons (Fsp3) is 0.667. The number of rotatable bonds is 5. The van der Waals surface area contributed by atoms with Crippen LogP contribution in [-0.2, 0) is 0 Å². The number of nitrogens with zero attached hydrogens (tertiary/aromatic N) is 4. The molecule has 2 heterocycles. The van der Waals surface area contributed by atoms with Crippen molar-refractivity contribution in [3.05, 3.63) is 21.1 Å². The van der Waals surface area contributed by atoms with Gasteiger partial charge in [-0.1, -0.05) is 0 Å². The standard InChI is InChI=1S/C12H18ClN5O2/c1-8(17-5-3-4-6-17)7-14-11-10(18(19)20)9(2)15-12(13)16-11/h8H,3-7H2,1-2H3,(H,14,15,16). The predicted octanol–water partition coefficient (Wildman–Crippen LogP) is 2.24. The largest absolute Gasteiger partial charge is 0.363 e. The van der Waals surface area contributed by atoms with E-state index in [0.29, 0.717) is 12.6 Å². The van der Waals surface area contributed by atoms with Crippen LogP contribution in [0.5, 0.6) is 0 Å². The average molecular weight is 300 g/mol. The number of hydrogen-bond donors (Lipinski definition) is 1. The summed E-state index contributed by atoms with van der Waals surface area (Å²) in [5.41, 5.74) is 0.161. The van der Waals surface area contributed by atoms with Crippen LogP contribution in [0.15, 0.2) is 0 Å². The molecule has 0 spiro atoms. The minimum Gasteiger partial charge on any atom is -0.363 e. The quantitative estimate of drug-likeness (QED) is 0.510. The lowest BCUT2D eigenvalue weighted by Gasteiger charge is -2.24. The summed E-state index contributed by atoms with van der Waals surface area (Å²) in [5.74, 6) is 0.193. The minimum atomic E-state index is -0.478. The lowest BCUT2D eigenvalue weighted by molar-refractivity contribution is -0.385. The van der Waals surface area contributed by atoms with Crippen LogP contribution in [0, 0.1) is 17.0 Å². The van der Waals surface area contributed by atoms with Crippen LogP contribution in [-0.4, -0.2) is 45.5 Å². The molecule has 1 fully saturated rings. The molecule has 1 aliphatic rings. The summed E-state index contributed by atoms with van der Waals surface area (Å²) in [4.78, 5) is 20.7. The van der Waals surface area contributed by atoms with E-state index in [4.69, 9.17) is 11.6 Å². The lowest BCUT2D eigenvalue weighted by Crippen LogP contribution is -2.35. The van der Waals surface area contributed by atoms with Crippen LogP contribution < -0.4 is 5.32 Å². The second kappa shape index (κ2) is 6.32. The second-order valence-electron chi connectivity index (χ2n) is 5.01. The van der Waals surface area contributed by atoms with Crippen LogP contribution in [0.25, 0.3) is 0 Å². The van der Waals surface area contributed by atoms with E-state index in [1.54, 1.807) is 6.92 Å². The van der Waals surface area contributed by atoms with Crippen molar-refractivity contribution in [1.82, 2.24) is 14.9 Å². The molecule has 1 unspecified atom stereocenters. The van der Waals surface area contributed by atoms with Crippen molar-refractivity contribution in [1.29, 1.82) is 0 Å². The summed E-state index contributed by atoms with van der Waals surface area (Å²) in [6.45, 7) is 6.40. The number of aromatic nitrogens is 2. The van der Waals surface area contributed by atoms with Gasteiger partial charge in [0.25, 0.3) is 0 Å². The Hall–Kier alpha value is -1.47. The molecule has 1 aromatic heterocycles. The molecule has 1 atom stereocenters. The summed E-state index contributed by atoms with van der Waals surface area (Å²) in [6.07, 6.45) is 2.42. The van der Waals surface area contributed by atoms with Gasteiger partial charge in [0, 0.05) is 12.6 Å². The minimum absolute atomic E-state index is 0.0180. The highest BCUT2D eigenvalue weighted by atomic mass is 35.5. The van der Waals surface area contributed by atoms with Gasteiger partial charge >= 0.3 is 5.69 Å². The summed E-state index contributed by atoms with van der Waals surface area (Å²) >= 11 is 5.77. The maximum atomic E-state index is 11.1. The number of nitrogens with one attached hydrogen (secondary N) is 1. The van der Waals surface area contributed by atoms with E-state index in [0.717, 1.165) is 13.1 Å². The number of aryl methyl sites for hydroxylation is 1. The lowest BCUT2D eigenvalue weighted by atomic mass is 10.3. The number of hydrogen-bond acceptors (Lipinski definition) is 6. The van der Waals surface area contributed by atoms with Crippen LogP contribution >= 0.6 is 11.6 Å². The first-order valence-corrected chi connectivity index (χ1v) is 7.03. The first-order valence-electron chi connectivity index (χ1n) is 6.65. The van der Waals surface area contributed by atoms with E-state index in [1.807, 2.05) is 0 Å². The highest BCUT2D eigenvalue weighted by molar-refractivity contribution is 6.28. The van der Waals surface area contributed by atoms with Crippen LogP contribution in [0.2, 0.25) is 5.28 Å². The summed E-state index contributed by atoms with van der Waals surface area (Å²) in [6, 6.07) is 0.297. The van der Waals surface area contributed by atoms with E-state index >= 15 is 0 Å². The van der Waals surface area contributed by atoms with Crippen LogP contribution in [0.1, 0.15) is 25.5 Å². The highest BCUT2D eigenvalue weighted by Gasteiger charge is 2.23. The maximum absolute atomic E-state index is 11.1. The molecule has 2 rings (SSSR count). The van der Waals surface area contributed by atoms with Crippen molar-refractivity contribution in [2.24, 2.45) is 0 Å². The van der Waals surface area contributed by atoms with Crippen molar-refractivity contribution >= 4 is 23.1 Å². The zero-order valence-electron chi connectivity index (χ0n) is 11.6. The monoisotopic (exact) mass is 299 g/mol. The molecular formula is C12H18ClN5O2. The second-order valence-corrected chi connectivity index (χ2v) is 5.34. The Balaban J connectivity index is 2.10. The number of likely N-dealkylation sites (tertiary alicyclic amines) is 1. The molecule has 7 nitrogen and oxygen atoms in total. The normalized spacial score (nSPS) is 17.1. The first kappa shape index (κ1) is 14.9. The fourth-order valence-electron chi connectivity index (χ4n) is 2.43. The zero-order chi connectivity index (χ0) is 14.7. The van der Waals surface area contributed by atoms with Gasteiger partial charge in [-0.05, 0) is 51.4 Å². The van der Waals surface area contributed by atoms with Gasteiger partial charge in [-0.2, -0.15) is 4.98 Å². The topological polar surface area (TPSA) is 84.2 Å². The third-order valence-corrected chi connectivity index (χ3v) is 3.71. The number of anilines is 1. The third-order valence-electron chi connectivity index (χ3n) is 3.54. The van der Waals surface area contributed by atoms with Crippen molar-refractivity contribution in [3.8, 4) is 0 Å². The van der Waals surface area contributed by atoms with Gasteiger partial charge < -0.3 is 5.32 Å². The Bertz CT molecular complexity index is 505. The molecule has 110 valence electrons. The summed E-state index contributed by atoms with van der Waals surface area (Å²) < 4.78 is 0. The molecule has 1 aromatic rings. The van der Waals surface area contributed by atoms with Gasteiger partial charge in [0.15, 0.2) is 0 Å². The average Bonchev–Trinajstić information content (AvgIpc) is 2.88. The molecule has 1 N–H and O–H groups in total. The fourth-order valence-corrected chi connectivity index (χ4v) is 2.64. The van der Waals surface area contributed by atoms with Crippen molar-refractivity contribution in [3.63, 3.8) is 0 Å². The molecule has 0 aromatic carbocycles. The molecule has 0 bridgehead atoms. The SMILES string of the molecule is Cc1nc(Cl)nc(NCC(C)N2CCCC2)c1[N+](=O)[O-]. The van der Waals surface area contributed by atoms with E-state index in [9.17, 15) is 10.1 Å². The van der Waals surface area contributed by atoms with E-state index < -0.39 is 4.92 Å². The van der Waals surface area contributed by atoms with Crippen molar-refractivity contribution in [2.75, 3.05) is 25.0 Å². The smallest absolute Gasteiger partial charge is 0.332 e. The molecule has 0 saturated carbocycles. The molecule has 1 aliphatic heterocycles. The molecule has 1 saturated heterocycles. The van der Waals surface area contributed by atoms with E-state index in [-0.39, 0.29) is 22.5 Å². The van der Waals surface area contributed by atoms with Gasteiger partial charge in [0.05, 0.1) is 4.92 Å². The van der Waals surface area contributed by atoms with Gasteiger partial charge in [-0.15, -0.1) is 0 Å². The van der Waals surface area contributed by atoms with Gasteiger partial charge in [0.2, 0.25) is 11.1 Å². The molecule has 8 heteroatoms. The Morgan fingerprint density at radius 1 is 1.45 bits per heavy atom. The van der Waals surface area contributed by atoms with Gasteiger partial charge in [-0.3, -0.25) is 15.0 Å². The Morgan fingerprint density at radius 3 is 2.70 bits per heavy atom. The van der Waals surface area contributed by atoms with Gasteiger partial charge in [0.1, 0.15) is 5.69 Å². The molecular weight excluding hydrogens is 282 g/mol. The van der Waals surface area contributed by atoms with E-state index in [1.165, 1.54) is 12.8 Å². The third kappa shape index (κ3) is 3.34. The predicted molar refractivity (Wildman–Crippen MR) is 77.2 cm³/mol. The Kier molecular flexibility index (Phi) is 4.72. The molecule has 0 aliphatic carbocycles. The van der Waals surface area contributed by atoms with Crippen molar-refractivity contribution in [2.45, 2.75) is 32.7 Å². The highest BCUT2D eigenvalue weighted by Crippen LogP contribution is 2.26.